The van der Waals surface area contributed by atoms with E-state index in [-0.39, 0.29) is 16.4 Å². The molecule has 2 aliphatic heterocycles. The summed E-state index contributed by atoms with van der Waals surface area (Å²) in [5.41, 5.74) is 1.01. The van der Waals surface area contributed by atoms with Crippen LogP contribution in [0.4, 0.5) is 0 Å². The van der Waals surface area contributed by atoms with E-state index in [1.54, 1.807) is 6.07 Å². The van der Waals surface area contributed by atoms with E-state index in [4.69, 9.17) is 4.74 Å². The van der Waals surface area contributed by atoms with Crippen molar-refractivity contribution < 1.29 is 17.9 Å². The van der Waals surface area contributed by atoms with Crippen LogP contribution >= 0.6 is 11.8 Å². The molecule has 0 spiro atoms. The number of aromatic amines is 1. The van der Waals surface area contributed by atoms with Gasteiger partial charge < -0.3 is 4.74 Å². The monoisotopic (exact) mass is 452 g/mol. The third-order valence-electron chi connectivity index (χ3n) is 5.26. The van der Waals surface area contributed by atoms with Gasteiger partial charge in [0.2, 0.25) is 5.16 Å². The minimum Gasteiger partial charge on any atom is -0.379 e. The van der Waals surface area contributed by atoms with Crippen molar-refractivity contribution in [1.82, 2.24) is 29.8 Å². The maximum absolute atomic E-state index is 13.4. The number of nitrogens with zero attached hydrogens (tertiary/aromatic N) is 5. The molecule has 4 rings (SSSR count). The van der Waals surface area contributed by atoms with Crippen LogP contribution in [0.25, 0.3) is 0 Å². The molecule has 12 heteroatoms. The molecule has 0 radical (unpaired) electrons. The number of carbonyl (C=O) groups is 1. The summed E-state index contributed by atoms with van der Waals surface area (Å²) in [6.45, 7) is 7.37. The van der Waals surface area contributed by atoms with E-state index in [2.05, 4.69) is 25.5 Å². The van der Waals surface area contributed by atoms with Gasteiger partial charge in [-0.1, -0.05) is 37.7 Å². The Bertz CT molecular complexity index is 1010. The third kappa shape index (κ3) is 3.96. The predicted molar refractivity (Wildman–Crippen MR) is 110 cm³/mol. The predicted octanol–water partition coefficient (Wildman–Crippen LogP) is 1.31. The summed E-state index contributed by atoms with van der Waals surface area (Å²) >= 11 is 1.12. The van der Waals surface area contributed by atoms with Crippen LogP contribution in [0.2, 0.25) is 0 Å². The number of H-pyrrole nitrogens is 1. The fourth-order valence-corrected chi connectivity index (χ4v) is 6.71. The van der Waals surface area contributed by atoms with Gasteiger partial charge in [0, 0.05) is 19.6 Å². The van der Waals surface area contributed by atoms with Gasteiger partial charge in [-0.3, -0.25) is 9.69 Å². The normalized spacial score (nSPS) is 20.0. The first-order valence-electron chi connectivity index (χ1n) is 9.81. The molecule has 0 bridgehead atoms. The van der Waals surface area contributed by atoms with Gasteiger partial charge in [0.05, 0.1) is 18.8 Å². The van der Waals surface area contributed by atoms with Crippen LogP contribution in [0.3, 0.4) is 0 Å². The van der Waals surface area contributed by atoms with Crippen LogP contribution in [-0.4, -0.2) is 82.4 Å². The van der Waals surface area contributed by atoms with Crippen molar-refractivity contribution in [1.29, 1.82) is 0 Å². The fraction of sp³-hybridized carbons (Fsp3) is 0.556. The summed E-state index contributed by atoms with van der Waals surface area (Å²) in [4.78, 5) is 15.7. The zero-order valence-corrected chi connectivity index (χ0v) is 18.4. The molecule has 2 aliphatic rings. The Hall–Kier alpha value is -2.02. The fourth-order valence-electron chi connectivity index (χ4n) is 3.75. The summed E-state index contributed by atoms with van der Waals surface area (Å²) in [6.07, 6.45) is 0.440. The van der Waals surface area contributed by atoms with Gasteiger partial charge >= 0.3 is 0 Å². The molecule has 1 saturated heterocycles. The van der Waals surface area contributed by atoms with E-state index in [0.29, 0.717) is 31.3 Å². The van der Waals surface area contributed by atoms with Crippen molar-refractivity contribution in [2.75, 3.05) is 32.8 Å². The zero-order chi connectivity index (χ0) is 21.3. The van der Waals surface area contributed by atoms with Gasteiger partial charge in [-0.2, -0.15) is 5.21 Å². The summed E-state index contributed by atoms with van der Waals surface area (Å²) in [7, 11) is -3.97. The molecule has 1 amide bonds. The average molecular weight is 453 g/mol. The highest BCUT2D eigenvalue weighted by atomic mass is 32.2. The standard InChI is InChI=1S/C18H24N6O4S2/c1-12(2)13-4-3-5-14-16(13)17(25)24(30(14,26)27)15(29-18-19-21-22-20-18)6-7-23-8-10-28-11-9-23/h3-5,12,15H,6-11H2,1-2H3,(H,19,20,21,22). The number of amides is 1. The number of thioether (sulfide) groups is 1. The Labute approximate surface area is 179 Å². The van der Waals surface area contributed by atoms with Gasteiger partial charge in [-0.15, -0.1) is 10.2 Å². The molecule has 0 aliphatic carbocycles. The number of tetrazole rings is 1. The van der Waals surface area contributed by atoms with Crippen molar-refractivity contribution in [3.63, 3.8) is 0 Å². The number of hydrogen-bond donors (Lipinski definition) is 1. The number of aromatic nitrogens is 4. The van der Waals surface area contributed by atoms with E-state index < -0.39 is 21.3 Å². The van der Waals surface area contributed by atoms with E-state index in [1.807, 2.05) is 19.9 Å². The van der Waals surface area contributed by atoms with Crippen LogP contribution in [0.1, 0.15) is 42.1 Å². The Morgan fingerprint density at radius 2 is 2.03 bits per heavy atom. The number of nitrogens with one attached hydrogen (secondary N) is 1. The number of fused-ring (bicyclic) bond motifs is 1. The number of carbonyl (C=O) groups excluding carboxylic acids is 1. The molecule has 0 saturated carbocycles. The number of rotatable bonds is 7. The molecule has 10 nitrogen and oxygen atoms in total. The molecule has 30 heavy (non-hydrogen) atoms. The Morgan fingerprint density at radius 1 is 1.27 bits per heavy atom. The Balaban J connectivity index is 1.66. The first kappa shape index (κ1) is 21.2. The quantitative estimate of drug-likeness (QED) is 0.620. The molecule has 2 aromatic rings. The Kier molecular flexibility index (Phi) is 6.09. The van der Waals surface area contributed by atoms with E-state index in [9.17, 15) is 13.2 Å². The van der Waals surface area contributed by atoms with Crippen LogP contribution < -0.4 is 0 Å². The van der Waals surface area contributed by atoms with Gasteiger partial charge in [0.1, 0.15) is 10.3 Å². The molecule has 1 atom stereocenters. The molecule has 1 aromatic heterocycles. The largest absolute Gasteiger partial charge is 0.379 e. The van der Waals surface area contributed by atoms with Crippen LogP contribution in [0.15, 0.2) is 28.3 Å². The maximum Gasteiger partial charge on any atom is 0.270 e. The van der Waals surface area contributed by atoms with E-state index in [1.165, 1.54) is 6.07 Å². The molecular weight excluding hydrogens is 428 g/mol. The lowest BCUT2D eigenvalue weighted by molar-refractivity contribution is 0.0362. The molecule has 1 aromatic carbocycles. The van der Waals surface area contributed by atoms with Crippen molar-refractivity contribution in [2.24, 2.45) is 0 Å². The molecule has 1 unspecified atom stereocenters. The first-order valence-corrected chi connectivity index (χ1v) is 12.1. The van der Waals surface area contributed by atoms with Gasteiger partial charge in [-0.25, -0.2) is 12.7 Å². The highest BCUT2D eigenvalue weighted by Crippen LogP contribution is 2.40. The van der Waals surface area contributed by atoms with Crippen molar-refractivity contribution >= 4 is 27.7 Å². The topological polar surface area (TPSA) is 121 Å². The van der Waals surface area contributed by atoms with Gasteiger partial charge in [-0.05, 0) is 29.2 Å². The average Bonchev–Trinajstić information content (AvgIpc) is 3.31. The molecule has 1 fully saturated rings. The van der Waals surface area contributed by atoms with Crippen LogP contribution in [0.5, 0.6) is 0 Å². The van der Waals surface area contributed by atoms with Gasteiger partial charge in [0.15, 0.2) is 0 Å². The van der Waals surface area contributed by atoms with Crippen molar-refractivity contribution in [2.45, 2.75) is 41.6 Å². The van der Waals surface area contributed by atoms with Gasteiger partial charge in [0.25, 0.3) is 15.9 Å². The smallest absolute Gasteiger partial charge is 0.270 e. The van der Waals surface area contributed by atoms with E-state index >= 15 is 0 Å². The lowest BCUT2D eigenvalue weighted by atomic mass is 9.97. The lowest BCUT2D eigenvalue weighted by Gasteiger charge is -2.30. The summed E-state index contributed by atoms with van der Waals surface area (Å²) in [5.74, 6) is -0.465. The number of hydrogen-bond acceptors (Lipinski definition) is 9. The first-order chi connectivity index (χ1) is 14.4. The van der Waals surface area contributed by atoms with Crippen molar-refractivity contribution in [3.8, 4) is 0 Å². The molecule has 3 heterocycles. The number of benzene rings is 1. The maximum atomic E-state index is 13.4. The number of morpholine rings is 1. The lowest BCUT2D eigenvalue weighted by Crippen LogP contribution is -2.42. The minimum atomic E-state index is -3.97. The summed E-state index contributed by atoms with van der Waals surface area (Å²) < 4.78 is 33.2. The molecule has 162 valence electrons. The second-order valence-corrected chi connectivity index (χ2v) is 10.4. The van der Waals surface area contributed by atoms with Crippen LogP contribution in [0, 0.1) is 0 Å². The number of sulfonamides is 1. The van der Waals surface area contributed by atoms with E-state index in [0.717, 1.165) is 34.7 Å². The van der Waals surface area contributed by atoms with Crippen molar-refractivity contribution in [3.05, 3.63) is 29.3 Å². The second-order valence-electron chi connectivity index (χ2n) is 7.49. The van der Waals surface area contributed by atoms with Crippen LogP contribution in [-0.2, 0) is 14.8 Å². The third-order valence-corrected chi connectivity index (χ3v) is 8.33. The molecule has 1 N–H and O–H groups in total. The molecular formula is C18H24N6O4S2. The number of ether oxygens (including phenoxy) is 1. The summed E-state index contributed by atoms with van der Waals surface area (Å²) in [6, 6.07) is 5.01. The second kappa shape index (κ2) is 8.61. The Morgan fingerprint density at radius 3 is 2.70 bits per heavy atom. The minimum absolute atomic E-state index is 0.0238. The summed E-state index contributed by atoms with van der Waals surface area (Å²) in [5, 5.41) is 13.4. The highest BCUT2D eigenvalue weighted by molar-refractivity contribution is 8.00. The highest BCUT2D eigenvalue weighted by Gasteiger charge is 2.47. The zero-order valence-electron chi connectivity index (χ0n) is 16.8. The SMILES string of the molecule is CC(C)c1cccc2c1C(=O)N(C(CCN1CCOCC1)Sc1nn[nH]n1)S2(=O)=O.